The van der Waals surface area contributed by atoms with Crippen molar-refractivity contribution in [2.24, 2.45) is 0 Å². The molecular formula is C14H15N3O. The molecule has 1 aromatic heterocycles. The number of nitrogens with one attached hydrogen (secondary N) is 1. The Hall–Kier alpha value is -2.23. The highest BCUT2D eigenvalue weighted by Crippen LogP contribution is 2.15. The van der Waals surface area contributed by atoms with Crippen molar-refractivity contribution < 1.29 is 4.79 Å². The van der Waals surface area contributed by atoms with Crippen LogP contribution < -0.4 is 5.32 Å². The molecule has 1 N–H and O–H groups in total. The number of rotatable bonds is 4. The molecule has 0 radical (unpaired) electrons. The molecular weight excluding hydrogens is 226 g/mol. The second-order valence-electron chi connectivity index (χ2n) is 3.96. The molecule has 18 heavy (non-hydrogen) atoms. The van der Waals surface area contributed by atoms with Gasteiger partial charge in [0.25, 0.3) is 0 Å². The number of carbonyl (C=O) groups excluding carboxylic acids is 1. The summed E-state index contributed by atoms with van der Waals surface area (Å²) < 4.78 is 0. The highest BCUT2D eigenvalue weighted by atomic mass is 16.1. The summed E-state index contributed by atoms with van der Waals surface area (Å²) in [4.78, 5) is 19.4. The van der Waals surface area contributed by atoms with E-state index in [1.165, 1.54) is 6.92 Å². The summed E-state index contributed by atoms with van der Waals surface area (Å²) in [6.45, 7) is 2.06. The van der Waals surface area contributed by atoms with Gasteiger partial charge in [-0.15, -0.1) is 0 Å². The van der Waals surface area contributed by atoms with Crippen molar-refractivity contribution >= 4 is 5.91 Å². The van der Waals surface area contributed by atoms with Gasteiger partial charge >= 0.3 is 0 Å². The molecule has 0 saturated carbocycles. The lowest BCUT2D eigenvalue weighted by Gasteiger charge is -2.04. The number of amides is 1. The molecule has 0 aliphatic heterocycles. The lowest BCUT2D eigenvalue weighted by atomic mass is 10.1. The molecule has 0 spiro atoms. The summed E-state index contributed by atoms with van der Waals surface area (Å²) in [5.41, 5.74) is 1.98. The van der Waals surface area contributed by atoms with Crippen LogP contribution in [0, 0.1) is 0 Å². The molecule has 0 fully saturated rings. The fraction of sp³-hybridized carbons (Fsp3) is 0.214. The standard InChI is InChI=1S/C14H15N3O/c1-11(18)15-10-8-14-16-9-7-13(17-14)12-5-3-2-4-6-12/h2-7,9H,8,10H2,1H3,(H,15,18). The molecule has 1 heterocycles. The predicted octanol–water partition coefficient (Wildman–Crippen LogP) is 1.82. The third-order valence-electron chi connectivity index (χ3n) is 2.50. The molecule has 0 atom stereocenters. The zero-order valence-corrected chi connectivity index (χ0v) is 10.3. The Kier molecular flexibility index (Phi) is 4.02. The minimum absolute atomic E-state index is 0.0331. The van der Waals surface area contributed by atoms with Crippen molar-refractivity contribution in [3.63, 3.8) is 0 Å². The van der Waals surface area contributed by atoms with Crippen molar-refractivity contribution in [2.45, 2.75) is 13.3 Å². The van der Waals surface area contributed by atoms with Crippen LogP contribution in [0.3, 0.4) is 0 Å². The van der Waals surface area contributed by atoms with Gasteiger partial charge in [-0.1, -0.05) is 30.3 Å². The van der Waals surface area contributed by atoms with Crippen molar-refractivity contribution in [3.05, 3.63) is 48.4 Å². The van der Waals surface area contributed by atoms with Gasteiger partial charge < -0.3 is 5.32 Å². The molecule has 92 valence electrons. The van der Waals surface area contributed by atoms with E-state index in [9.17, 15) is 4.79 Å². The van der Waals surface area contributed by atoms with Crippen molar-refractivity contribution in [3.8, 4) is 11.3 Å². The van der Waals surface area contributed by atoms with Crippen LogP contribution >= 0.6 is 0 Å². The van der Waals surface area contributed by atoms with Crippen LogP contribution in [0.4, 0.5) is 0 Å². The molecule has 0 unspecified atom stereocenters. The summed E-state index contributed by atoms with van der Waals surface area (Å²) in [7, 11) is 0. The number of aromatic nitrogens is 2. The van der Waals surface area contributed by atoms with E-state index in [4.69, 9.17) is 0 Å². The lowest BCUT2D eigenvalue weighted by molar-refractivity contribution is -0.118. The van der Waals surface area contributed by atoms with Gasteiger partial charge in [0, 0.05) is 31.6 Å². The van der Waals surface area contributed by atoms with Gasteiger partial charge in [0.2, 0.25) is 5.91 Å². The smallest absolute Gasteiger partial charge is 0.216 e. The summed E-state index contributed by atoms with van der Waals surface area (Å²) >= 11 is 0. The minimum Gasteiger partial charge on any atom is -0.356 e. The maximum absolute atomic E-state index is 10.8. The lowest BCUT2D eigenvalue weighted by Crippen LogP contribution is -2.23. The molecule has 0 aliphatic carbocycles. The minimum atomic E-state index is -0.0331. The van der Waals surface area contributed by atoms with Crippen LogP contribution in [-0.4, -0.2) is 22.4 Å². The van der Waals surface area contributed by atoms with E-state index in [0.717, 1.165) is 17.1 Å². The summed E-state index contributed by atoms with van der Waals surface area (Å²) in [6.07, 6.45) is 2.39. The molecule has 2 rings (SSSR count). The summed E-state index contributed by atoms with van der Waals surface area (Å²) in [5.74, 6) is 0.708. The first kappa shape index (κ1) is 12.2. The molecule has 2 aromatic rings. The molecule has 4 nitrogen and oxygen atoms in total. The predicted molar refractivity (Wildman–Crippen MR) is 69.9 cm³/mol. The van der Waals surface area contributed by atoms with Crippen molar-refractivity contribution in [1.82, 2.24) is 15.3 Å². The van der Waals surface area contributed by atoms with E-state index in [2.05, 4.69) is 15.3 Å². The Morgan fingerprint density at radius 1 is 1.22 bits per heavy atom. The van der Waals surface area contributed by atoms with Gasteiger partial charge in [-0.25, -0.2) is 9.97 Å². The molecule has 4 heteroatoms. The molecule has 0 bridgehead atoms. The number of hydrogen-bond donors (Lipinski definition) is 1. The van der Waals surface area contributed by atoms with Gasteiger partial charge in [-0.3, -0.25) is 4.79 Å². The topological polar surface area (TPSA) is 54.9 Å². The monoisotopic (exact) mass is 241 g/mol. The highest BCUT2D eigenvalue weighted by Gasteiger charge is 2.02. The quantitative estimate of drug-likeness (QED) is 0.888. The molecule has 0 saturated heterocycles. The summed E-state index contributed by atoms with van der Waals surface area (Å²) in [6, 6.07) is 11.8. The molecule has 1 amide bonds. The average Bonchev–Trinajstić information content (AvgIpc) is 2.40. The van der Waals surface area contributed by atoms with E-state index >= 15 is 0 Å². The first-order chi connectivity index (χ1) is 8.75. The van der Waals surface area contributed by atoms with Crippen LogP contribution in [0.15, 0.2) is 42.6 Å². The van der Waals surface area contributed by atoms with Gasteiger partial charge in [-0.2, -0.15) is 0 Å². The first-order valence-electron chi connectivity index (χ1n) is 5.87. The van der Waals surface area contributed by atoms with Gasteiger partial charge in [0.15, 0.2) is 0 Å². The fourth-order valence-electron chi connectivity index (χ4n) is 1.64. The van der Waals surface area contributed by atoms with E-state index in [0.29, 0.717) is 13.0 Å². The normalized spacial score (nSPS) is 10.1. The third-order valence-corrected chi connectivity index (χ3v) is 2.50. The Morgan fingerprint density at radius 3 is 2.72 bits per heavy atom. The SMILES string of the molecule is CC(=O)NCCc1nccc(-c2ccccc2)n1. The largest absolute Gasteiger partial charge is 0.356 e. The molecule has 1 aromatic carbocycles. The maximum atomic E-state index is 10.8. The van der Waals surface area contributed by atoms with Gasteiger partial charge in [0.05, 0.1) is 5.69 Å². The van der Waals surface area contributed by atoms with Gasteiger partial charge in [-0.05, 0) is 6.07 Å². The van der Waals surface area contributed by atoms with Crippen LogP contribution in [0.1, 0.15) is 12.7 Å². The van der Waals surface area contributed by atoms with E-state index in [-0.39, 0.29) is 5.91 Å². The fourth-order valence-corrected chi connectivity index (χ4v) is 1.64. The van der Waals surface area contributed by atoms with Crippen LogP contribution in [0.25, 0.3) is 11.3 Å². The van der Waals surface area contributed by atoms with Gasteiger partial charge in [0.1, 0.15) is 5.82 Å². The third kappa shape index (κ3) is 3.38. The Morgan fingerprint density at radius 2 is 2.00 bits per heavy atom. The Balaban J connectivity index is 2.08. The Labute approximate surface area is 106 Å². The average molecular weight is 241 g/mol. The second-order valence-corrected chi connectivity index (χ2v) is 3.96. The number of carbonyl (C=O) groups is 1. The summed E-state index contributed by atoms with van der Waals surface area (Å²) in [5, 5.41) is 2.73. The maximum Gasteiger partial charge on any atom is 0.216 e. The highest BCUT2D eigenvalue weighted by molar-refractivity contribution is 5.72. The second kappa shape index (κ2) is 5.91. The Bertz CT molecular complexity index is 526. The van der Waals surface area contributed by atoms with Crippen molar-refractivity contribution in [2.75, 3.05) is 6.54 Å². The van der Waals surface area contributed by atoms with E-state index in [1.807, 2.05) is 36.4 Å². The first-order valence-corrected chi connectivity index (χ1v) is 5.87. The van der Waals surface area contributed by atoms with Crippen LogP contribution in [-0.2, 0) is 11.2 Å². The van der Waals surface area contributed by atoms with E-state index in [1.54, 1.807) is 6.20 Å². The number of hydrogen-bond acceptors (Lipinski definition) is 3. The zero-order chi connectivity index (χ0) is 12.8. The van der Waals surface area contributed by atoms with Crippen LogP contribution in [0.2, 0.25) is 0 Å². The van der Waals surface area contributed by atoms with Crippen molar-refractivity contribution in [1.29, 1.82) is 0 Å². The van der Waals surface area contributed by atoms with E-state index < -0.39 is 0 Å². The number of nitrogens with zero attached hydrogens (tertiary/aromatic N) is 2. The molecule has 0 aliphatic rings. The zero-order valence-electron chi connectivity index (χ0n) is 10.3. The number of benzene rings is 1. The van der Waals surface area contributed by atoms with Crippen LogP contribution in [0.5, 0.6) is 0 Å².